The summed E-state index contributed by atoms with van der Waals surface area (Å²) in [6.45, 7) is 14.8. The average molecular weight is 285 g/mol. The number of ether oxygens (including phenoxy) is 1. The Morgan fingerprint density at radius 2 is 1.95 bits per heavy atom. The molecule has 3 unspecified atom stereocenters. The first-order chi connectivity index (χ1) is 8.70. The fourth-order valence-electron chi connectivity index (χ4n) is 4.17. The molecule has 2 fully saturated rings. The number of nitrogens with one attached hydrogen (secondary N) is 1. The standard InChI is InChI=1S/C16H31NOS/c1-7-17-13(16(6)9-8-10-19-16)12-11-14(2,3)18-15(12,4)5/h12-13,17H,7-11H2,1-6H3. The molecule has 0 aromatic rings. The Labute approximate surface area is 123 Å². The van der Waals surface area contributed by atoms with Crippen molar-refractivity contribution in [2.75, 3.05) is 12.3 Å². The van der Waals surface area contributed by atoms with Crippen LogP contribution in [-0.2, 0) is 4.74 Å². The summed E-state index contributed by atoms with van der Waals surface area (Å²) < 4.78 is 6.71. The average Bonchev–Trinajstić information content (AvgIpc) is 2.77. The van der Waals surface area contributed by atoms with Crippen molar-refractivity contribution in [3.8, 4) is 0 Å². The van der Waals surface area contributed by atoms with Crippen LogP contribution in [0.5, 0.6) is 0 Å². The second-order valence-corrected chi connectivity index (χ2v) is 9.21. The Morgan fingerprint density at radius 3 is 2.37 bits per heavy atom. The smallest absolute Gasteiger partial charge is 0.0678 e. The van der Waals surface area contributed by atoms with Crippen molar-refractivity contribution in [1.82, 2.24) is 5.32 Å². The van der Waals surface area contributed by atoms with Gasteiger partial charge in [0.05, 0.1) is 11.2 Å². The largest absolute Gasteiger partial charge is 0.369 e. The summed E-state index contributed by atoms with van der Waals surface area (Å²) in [6, 6.07) is 0.557. The maximum absolute atomic E-state index is 6.33. The van der Waals surface area contributed by atoms with E-state index in [1.807, 2.05) is 0 Å². The molecule has 0 aromatic carbocycles. The molecule has 112 valence electrons. The molecular formula is C16H31NOS. The first kappa shape index (κ1) is 15.7. The predicted octanol–water partition coefficient (Wildman–Crippen LogP) is 3.84. The Hall–Kier alpha value is 0.270. The normalized spacial score (nSPS) is 38.5. The molecule has 0 saturated carbocycles. The van der Waals surface area contributed by atoms with Crippen LogP contribution < -0.4 is 5.32 Å². The molecule has 0 spiro atoms. The summed E-state index contributed by atoms with van der Waals surface area (Å²) in [5.41, 5.74) is -0.00995. The lowest BCUT2D eigenvalue weighted by molar-refractivity contribution is -0.0787. The van der Waals surface area contributed by atoms with Crippen molar-refractivity contribution in [1.29, 1.82) is 0 Å². The molecule has 2 heterocycles. The molecule has 0 radical (unpaired) electrons. The Balaban J connectivity index is 2.24. The lowest BCUT2D eigenvalue weighted by atomic mass is 9.75. The summed E-state index contributed by atoms with van der Waals surface area (Å²) in [6.07, 6.45) is 3.86. The van der Waals surface area contributed by atoms with Crippen molar-refractivity contribution in [3.63, 3.8) is 0 Å². The van der Waals surface area contributed by atoms with Crippen LogP contribution in [-0.4, -0.2) is 34.3 Å². The molecule has 2 saturated heterocycles. The quantitative estimate of drug-likeness (QED) is 0.848. The summed E-state index contributed by atoms with van der Waals surface area (Å²) >= 11 is 2.16. The maximum Gasteiger partial charge on any atom is 0.0678 e. The van der Waals surface area contributed by atoms with Crippen LogP contribution in [0.2, 0.25) is 0 Å². The number of thioether (sulfide) groups is 1. The first-order valence-corrected chi connectivity index (χ1v) is 8.76. The van der Waals surface area contributed by atoms with Crippen molar-refractivity contribution in [2.24, 2.45) is 5.92 Å². The number of hydrogen-bond acceptors (Lipinski definition) is 3. The van der Waals surface area contributed by atoms with Gasteiger partial charge in [0.15, 0.2) is 0 Å². The molecule has 3 heteroatoms. The highest BCUT2D eigenvalue weighted by molar-refractivity contribution is 8.00. The van der Waals surface area contributed by atoms with Crippen LogP contribution in [0, 0.1) is 5.92 Å². The molecule has 0 aromatic heterocycles. The van der Waals surface area contributed by atoms with E-state index >= 15 is 0 Å². The van der Waals surface area contributed by atoms with Gasteiger partial charge in [0, 0.05) is 16.7 Å². The van der Waals surface area contributed by atoms with Gasteiger partial charge in [0.1, 0.15) is 0 Å². The summed E-state index contributed by atoms with van der Waals surface area (Å²) in [5.74, 6) is 1.91. The molecular weight excluding hydrogens is 254 g/mol. The third-order valence-electron chi connectivity index (χ3n) is 4.88. The van der Waals surface area contributed by atoms with Gasteiger partial charge in [-0.1, -0.05) is 6.92 Å². The minimum atomic E-state index is -0.0253. The van der Waals surface area contributed by atoms with Gasteiger partial charge < -0.3 is 10.1 Å². The zero-order valence-corrected chi connectivity index (χ0v) is 14.3. The van der Waals surface area contributed by atoms with Gasteiger partial charge in [-0.05, 0) is 66.2 Å². The topological polar surface area (TPSA) is 21.3 Å². The maximum atomic E-state index is 6.33. The molecule has 3 atom stereocenters. The monoisotopic (exact) mass is 285 g/mol. The van der Waals surface area contributed by atoms with Gasteiger partial charge >= 0.3 is 0 Å². The van der Waals surface area contributed by atoms with Gasteiger partial charge in [-0.3, -0.25) is 0 Å². The van der Waals surface area contributed by atoms with E-state index in [-0.39, 0.29) is 11.2 Å². The van der Waals surface area contributed by atoms with Gasteiger partial charge in [0.2, 0.25) is 0 Å². The Kier molecular flexibility index (Phi) is 4.31. The molecule has 2 aliphatic heterocycles. The fraction of sp³-hybridized carbons (Fsp3) is 1.00. The number of rotatable bonds is 4. The van der Waals surface area contributed by atoms with Crippen LogP contribution in [0.3, 0.4) is 0 Å². The van der Waals surface area contributed by atoms with E-state index in [1.165, 1.54) is 18.6 Å². The fourth-order valence-corrected chi connectivity index (χ4v) is 5.64. The van der Waals surface area contributed by atoms with Crippen LogP contribution in [0.25, 0.3) is 0 Å². The zero-order valence-electron chi connectivity index (χ0n) is 13.5. The van der Waals surface area contributed by atoms with Gasteiger partial charge in [0.25, 0.3) is 0 Å². The molecule has 2 nitrogen and oxygen atoms in total. The van der Waals surface area contributed by atoms with E-state index in [1.54, 1.807) is 0 Å². The first-order valence-electron chi connectivity index (χ1n) is 7.78. The second-order valence-electron chi connectivity index (χ2n) is 7.58. The van der Waals surface area contributed by atoms with Crippen molar-refractivity contribution >= 4 is 11.8 Å². The highest BCUT2D eigenvalue weighted by Gasteiger charge is 2.53. The van der Waals surface area contributed by atoms with Crippen LogP contribution in [0.15, 0.2) is 0 Å². The molecule has 19 heavy (non-hydrogen) atoms. The summed E-state index contributed by atoms with van der Waals surface area (Å²) in [5, 5.41) is 3.80. The van der Waals surface area contributed by atoms with Gasteiger partial charge in [-0.2, -0.15) is 11.8 Å². The van der Waals surface area contributed by atoms with E-state index < -0.39 is 0 Å². The third-order valence-corrected chi connectivity index (χ3v) is 6.49. The molecule has 1 N–H and O–H groups in total. The molecule has 2 aliphatic rings. The number of hydrogen-bond donors (Lipinski definition) is 1. The lowest BCUT2D eigenvalue weighted by Gasteiger charge is -2.42. The van der Waals surface area contributed by atoms with Crippen LogP contribution in [0.1, 0.15) is 60.8 Å². The van der Waals surface area contributed by atoms with Gasteiger partial charge in [-0.25, -0.2) is 0 Å². The Bertz CT molecular complexity index is 321. The molecule has 2 rings (SSSR count). The van der Waals surface area contributed by atoms with Crippen LogP contribution in [0.4, 0.5) is 0 Å². The highest BCUT2D eigenvalue weighted by Crippen LogP contribution is 2.50. The molecule has 0 amide bonds. The van der Waals surface area contributed by atoms with E-state index in [9.17, 15) is 0 Å². The SMILES string of the molecule is CCNC(C1CC(C)(C)OC1(C)C)C1(C)CCCS1. The van der Waals surface area contributed by atoms with Gasteiger partial charge in [-0.15, -0.1) is 0 Å². The summed E-state index contributed by atoms with van der Waals surface area (Å²) in [4.78, 5) is 0. The molecule has 0 bridgehead atoms. The lowest BCUT2D eigenvalue weighted by Crippen LogP contribution is -2.54. The van der Waals surface area contributed by atoms with E-state index in [2.05, 4.69) is 58.6 Å². The van der Waals surface area contributed by atoms with E-state index in [0.29, 0.717) is 16.7 Å². The Morgan fingerprint density at radius 1 is 1.26 bits per heavy atom. The van der Waals surface area contributed by atoms with E-state index in [4.69, 9.17) is 4.74 Å². The van der Waals surface area contributed by atoms with Crippen molar-refractivity contribution < 1.29 is 4.74 Å². The van der Waals surface area contributed by atoms with E-state index in [0.717, 1.165) is 13.0 Å². The summed E-state index contributed by atoms with van der Waals surface area (Å²) in [7, 11) is 0. The second kappa shape index (κ2) is 5.23. The highest BCUT2D eigenvalue weighted by atomic mass is 32.2. The molecule has 0 aliphatic carbocycles. The minimum Gasteiger partial charge on any atom is -0.369 e. The van der Waals surface area contributed by atoms with Crippen molar-refractivity contribution in [2.45, 2.75) is 82.8 Å². The minimum absolute atomic E-state index is 0.0153. The zero-order chi connectivity index (χ0) is 14.3. The predicted molar refractivity (Wildman–Crippen MR) is 84.9 cm³/mol. The third kappa shape index (κ3) is 3.14. The van der Waals surface area contributed by atoms with Crippen LogP contribution >= 0.6 is 11.8 Å². The van der Waals surface area contributed by atoms with Crippen molar-refractivity contribution in [3.05, 3.63) is 0 Å².